The topological polar surface area (TPSA) is 30.5 Å². The summed E-state index contributed by atoms with van der Waals surface area (Å²) in [4.78, 5) is 0. The van der Waals surface area contributed by atoms with Crippen LogP contribution < -0.4 is 10.1 Å². The van der Waals surface area contributed by atoms with Gasteiger partial charge in [-0.3, -0.25) is 0 Å². The highest BCUT2D eigenvalue weighted by atomic mass is 16.5. The number of nitrogens with one attached hydrogen (secondary N) is 1. The minimum absolute atomic E-state index is 0.541. The van der Waals surface area contributed by atoms with Crippen molar-refractivity contribution in [2.75, 3.05) is 31.7 Å². The molecule has 1 fully saturated rings. The molecule has 2 rings (SSSR count). The van der Waals surface area contributed by atoms with E-state index in [-0.39, 0.29) is 0 Å². The average Bonchev–Trinajstić information content (AvgIpc) is 2.45. The molecular weight excluding hydrogens is 238 g/mol. The first kappa shape index (κ1) is 14.2. The van der Waals surface area contributed by atoms with Crippen LogP contribution in [0.25, 0.3) is 0 Å². The van der Waals surface area contributed by atoms with E-state index in [1.54, 1.807) is 0 Å². The van der Waals surface area contributed by atoms with Gasteiger partial charge in [-0.05, 0) is 36.8 Å². The van der Waals surface area contributed by atoms with E-state index < -0.39 is 0 Å². The minimum Gasteiger partial charge on any atom is -0.491 e. The summed E-state index contributed by atoms with van der Waals surface area (Å²) < 4.78 is 11.4. The van der Waals surface area contributed by atoms with Crippen molar-refractivity contribution >= 4 is 5.69 Å². The van der Waals surface area contributed by atoms with Crippen LogP contribution in [0.4, 0.5) is 5.69 Å². The molecule has 106 valence electrons. The Morgan fingerprint density at radius 2 is 2.21 bits per heavy atom. The normalized spacial score (nSPS) is 19.4. The molecule has 0 amide bonds. The molecule has 1 unspecified atom stereocenters. The van der Waals surface area contributed by atoms with Gasteiger partial charge >= 0.3 is 0 Å². The molecule has 0 spiro atoms. The van der Waals surface area contributed by atoms with E-state index >= 15 is 0 Å². The largest absolute Gasteiger partial charge is 0.491 e. The van der Waals surface area contributed by atoms with Crippen molar-refractivity contribution in [3.05, 3.63) is 24.3 Å². The van der Waals surface area contributed by atoms with Gasteiger partial charge in [-0.2, -0.15) is 0 Å². The zero-order chi connectivity index (χ0) is 13.5. The molecule has 3 nitrogen and oxygen atoms in total. The Morgan fingerprint density at radius 1 is 1.37 bits per heavy atom. The SMILES string of the molecule is CC(C)COc1ccccc1NCC1CCCOC1. The zero-order valence-electron chi connectivity index (χ0n) is 12.0. The predicted molar refractivity (Wildman–Crippen MR) is 78.8 cm³/mol. The number of anilines is 1. The second-order valence-corrected chi connectivity index (χ2v) is 5.67. The fourth-order valence-electron chi connectivity index (χ4n) is 2.22. The highest BCUT2D eigenvalue weighted by Crippen LogP contribution is 2.25. The van der Waals surface area contributed by atoms with E-state index in [0.29, 0.717) is 11.8 Å². The van der Waals surface area contributed by atoms with E-state index in [1.165, 1.54) is 12.8 Å². The third kappa shape index (κ3) is 4.75. The second kappa shape index (κ2) is 7.39. The molecule has 3 heteroatoms. The van der Waals surface area contributed by atoms with E-state index in [1.807, 2.05) is 18.2 Å². The summed E-state index contributed by atoms with van der Waals surface area (Å²) in [6.45, 7) is 7.84. The molecule has 1 aliphatic rings. The maximum absolute atomic E-state index is 5.84. The quantitative estimate of drug-likeness (QED) is 0.851. The summed E-state index contributed by atoms with van der Waals surface area (Å²) >= 11 is 0. The van der Waals surface area contributed by atoms with Gasteiger partial charge in [0.05, 0.1) is 18.9 Å². The van der Waals surface area contributed by atoms with Gasteiger partial charge in [-0.15, -0.1) is 0 Å². The fraction of sp³-hybridized carbons (Fsp3) is 0.625. The molecule has 1 N–H and O–H groups in total. The molecule has 1 aromatic rings. The maximum atomic E-state index is 5.84. The highest BCUT2D eigenvalue weighted by Gasteiger charge is 2.14. The van der Waals surface area contributed by atoms with Crippen LogP contribution in [-0.2, 0) is 4.74 Å². The van der Waals surface area contributed by atoms with Gasteiger partial charge in [0.1, 0.15) is 5.75 Å². The Balaban J connectivity index is 1.87. The van der Waals surface area contributed by atoms with E-state index in [0.717, 1.165) is 37.8 Å². The number of hydrogen-bond acceptors (Lipinski definition) is 3. The average molecular weight is 263 g/mol. The molecule has 0 bridgehead atoms. The second-order valence-electron chi connectivity index (χ2n) is 5.67. The molecule has 1 heterocycles. The number of rotatable bonds is 6. The van der Waals surface area contributed by atoms with E-state index in [4.69, 9.17) is 9.47 Å². The molecule has 19 heavy (non-hydrogen) atoms. The third-order valence-corrected chi connectivity index (χ3v) is 3.30. The first-order valence-corrected chi connectivity index (χ1v) is 7.29. The number of ether oxygens (including phenoxy) is 2. The smallest absolute Gasteiger partial charge is 0.142 e. The van der Waals surface area contributed by atoms with Crippen LogP contribution in [-0.4, -0.2) is 26.4 Å². The summed E-state index contributed by atoms with van der Waals surface area (Å²) in [7, 11) is 0. The lowest BCUT2D eigenvalue weighted by molar-refractivity contribution is 0.0595. The summed E-state index contributed by atoms with van der Waals surface area (Å²) in [6, 6.07) is 8.17. The Bertz CT molecular complexity index is 373. The van der Waals surface area contributed by atoms with Gasteiger partial charge in [0, 0.05) is 13.2 Å². The van der Waals surface area contributed by atoms with Crippen molar-refractivity contribution in [1.29, 1.82) is 0 Å². The molecule has 0 saturated carbocycles. The highest BCUT2D eigenvalue weighted by molar-refractivity contribution is 5.56. The van der Waals surface area contributed by atoms with E-state index in [2.05, 4.69) is 25.2 Å². The molecule has 1 aliphatic heterocycles. The van der Waals surface area contributed by atoms with Gasteiger partial charge < -0.3 is 14.8 Å². The molecule has 0 aliphatic carbocycles. The van der Waals surface area contributed by atoms with Gasteiger partial charge in [0.2, 0.25) is 0 Å². The van der Waals surface area contributed by atoms with Crippen molar-refractivity contribution in [2.24, 2.45) is 11.8 Å². The van der Waals surface area contributed by atoms with Crippen molar-refractivity contribution in [1.82, 2.24) is 0 Å². The van der Waals surface area contributed by atoms with Gasteiger partial charge in [0.15, 0.2) is 0 Å². The van der Waals surface area contributed by atoms with Crippen LogP contribution in [0.2, 0.25) is 0 Å². The first-order valence-electron chi connectivity index (χ1n) is 7.29. The Hall–Kier alpha value is -1.22. The number of hydrogen-bond donors (Lipinski definition) is 1. The summed E-state index contributed by atoms with van der Waals surface area (Å²) in [5.74, 6) is 2.11. The maximum Gasteiger partial charge on any atom is 0.142 e. The number of para-hydroxylation sites is 2. The lowest BCUT2D eigenvalue weighted by Crippen LogP contribution is -2.24. The Labute approximate surface area is 116 Å². The predicted octanol–water partition coefficient (Wildman–Crippen LogP) is 3.56. The Morgan fingerprint density at radius 3 is 2.95 bits per heavy atom. The first-order chi connectivity index (χ1) is 9.25. The van der Waals surface area contributed by atoms with Crippen LogP contribution in [0, 0.1) is 11.8 Å². The van der Waals surface area contributed by atoms with Crippen LogP contribution in [0.1, 0.15) is 26.7 Å². The van der Waals surface area contributed by atoms with Crippen molar-refractivity contribution in [3.8, 4) is 5.75 Å². The summed E-state index contributed by atoms with van der Waals surface area (Å²) in [5.41, 5.74) is 1.09. The summed E-state index contributed by atoms with van der Waals surface area (Å²) in [5, 5.41) is 3.50. The third-order valence-electron chi connectivity index (χ3n) is 3.30. The molecule has 0 radical (unpaired) electrons. The number of benzene rings is 1. The lowest BCUT2D eigenvalue weighted by Gasteiger charge is -2.23. The molecule has 0 aromatic heterocycles. The zero-order valence-corrected chi connectivity index (χ0v) is 12.0. The molecular formula is C16H25NO2. The van der Waals surface area contributed by atoms with Crippen LogP contribution in [0.5, 0.6) is 5.75 Å². The van der Waals surface area contributed by atoms with Crippen molar-refractivity contribution < 1.29 is 9.47 Å². The molecule has 1 aromatic carbocycles. The summed E-state index contributed by atoms with van der Waals surface area (Å²) in [6.07, 6.45) is 2.43. The molecule has 1 saturated heterocycles. The van der Waals surface area contributed by atoms with Crippen molar-refractivity contribution in [3.63, 3.8) is 0 Å². The molecule has 1 atom stereocenters. The van der Waals surface area contributed by atoms with Crippen molar-refractivity contribution in [2.45, 2.75) is 26.7 Å². The Kier molecular flexibility index (Phi) is 5.52. The fourth-order valence-corrected chi connectivity index (χ4v) is 2.22. The van der Waals surface area contributed by atoms with Gasteiger partial charge in [0.25, 0.3) is 0 Å². The van der Waals surface area contributed by atoms with E-state index in [9.17, 15) is 0 Å². The monoisotopic (exact) mass is 263 g/mol. The van der Waals surface area contributed by atoms with Gasteiger partial charge in [-0.25, -0.2) is 0 Å². The van der Waals surface area contributed by atoms with Crippen LogP contribution >= 0.6 is 0 Å². The standard InChI is InChI=1S/C16H25NO2/c1-13(2)11-19-16-8-4-3-7-15(16)17-10-14-6-5-9-18-12-14/h3-4,7-8,13-14,17H,5-6,9-12H2,1-2H3. The van der Waals surface area contributed by atoms with Crippen LogP contribution in [0.15, 0.2) is 24.3 Å². The lowest BCUT2D eigenvalue weighted by atomic mass is 10.0. The minimum atomic E-state index is 0.541. The van der Waals surface area contributed by atoms with Gasteiger partial charge in [-0.1, -0.05) is 26.0 Å². The van der Waals surface area contributed by atoms with Crippen LogP contribution in [0.3, 0.4) is 0 Å².